The first-order chi connectivity index (χ1) is 13.5. The molecule has 0 radical (unpaired) electrons. The lowest BCUT2D eigenvalue weighted by Crippen LogP contribution is -2.36. The van der Waals surface area contributed by atoms with Gasteiger partial charge in [-0.1, -0.05) is 17.3 Å². The molecule has 0 aliphatic carbocycles. The maximum absolute atomic E-state index is 12.1. The number of aromatic nitrogens is 2. The predicted molar refractivity (Wildman–Crippen MR) is 102 cm³/mol. The van der Waals surface area contributed by atoms with Gasteiger partial charge in [-0.05, 0) is 37.0 Å². The molecule has 3 rings (SSSR count). The van der Waals surface area contributed by atoms with E-state index in [-0.39, 0.29) is 24.3 Å². The molecule has 1 aliphatic rings. The van der Waals surface area contributed by atoms with Gasteiger partial charge in [-0.2, -0.15) is 4.98 Å². The quantitative estimate of drug-likeness (QED) is 0.782. The summed E-state index contributed by atoms with van der Waals surface area (Å²) in [5.74, 6) is 2.06. The summed E-state index contributed by atoms with van der Waals surface area (Å²) in [4.78, 5) is 29.7. The fraction of sp³-hybridized carbons (Fsp3) is 0.500. The first-order valence-corrected chi connectivity index (χ1v) is 9.52. The van der Waals surface area contributed by atoms with Crippen LogP contribution in [0.5, 0.6) is 5.75 Å². The van der Waals surface area contributed by atoms with Crippen molar-refractivity contribution < 1.29 is 18.8 Å². The van der Waals surface area contributed by atoms with Crippen molar-refractivity contribution in [2.45, 2.75) is 45.1 Å². The summed E-state index contributed by atoms with van der Waals surface area (Å²) in [6.45, 7) is 3.23. The van der Waals surface area contributed by atoms with Crippen LogP contribution in [0.15, 0.2) is 28.8 Å². The van der Waals surface area contributed by atoms with E-state index in [4.69, 9.17) is 9.26 Å². The average molecular weight is 386 g/mol. The molecule has 8 heteroatoms. The molecule has 28 heavy (non-hydrogen) atoms. The lowest BCUT2D eigenvalue weighted by atomic mass is 9.96. The van der Waals surface area contributed by atoms with Gasteiger partial charge in [0.15, 0.2) is 5.82 Å². The molecule has 1 saturated heterocycles. The van der Waals surface area contributed by atoms with Gasteiger partial charge in [0, 0.05) is 32.4 Å². The average Bonchev–Trinajstić information content (AvgIpc) is 3.20. The van der Waals surface area contributed by atoms with Gasteiger partial charge in [0.05, 0.1) is 13.7 Å². The second kappa shape index (κ2) is 9.34. The van der Waals surface area contributed by atoms with Crippen molar-refractivity contribution in [3.05, 3.63) is 41.5 Å². The van der Waals surface area contributed by atoms with E-state index < -0.39 is 0 Å². The summed E-state index contributed by atoms with van der Waals surface area (Å²) in [5.41, 5.74) is 1.05. The van der Waals surface area contributed by atoms with Crippen LogP contribution in [-0.2, 0) is 22.6 Å². The van der Waals surface area contributed by atoms with Crippen molar-refractivity contribution in [3.63, 3.8) is 0 Å². The normalized spacial score (nSPS) is 14.7. The van der Waals surface area contributed by atoms with Crippen molar-refractivity contribution in [1.82, 2.24) is 20.4 Å². The Bertz CT molecular complexity index is 812. The number of benzene rings is 1. The number of aryl methyl sites for hydroxylation is 1. The second-order valence-corrected chi connectivity index (χ2v) is 6.95. The zero-order chi connectivity index (χ0) is 19.9. The van der Waals surface area contributed by atoms with Crippen LogP contribution in [0.1, 0.15) is 49.4 Å². The van der Waals surface area contributed by atoms with E-state index in [0.717, 1.165) is 24.2 Å². The minimum absolute atomic E-state index is 0.0719. The van der Waals surface area contributed by atoms with E-state index in [1.54, 1.807) is 14.0 Å². The van der Waals surface area contributed by atoms with Crippen molar-refractivity contribution in [2.24, 2.45) is 0 Å². The summed E-state index contributed by atoms with van der Waals surface area (Å²) < 4.78 is 10.5. The van der Waals surface area contributed by atoms with E-state index in [9.17, 15) is 9.59 Å². The zero-order valence-corrected chi connectivity index (χ0v) is 16.3. The highest BCUT2D eigenvalue weighted by Gasteiger charge is 2.25. The first kappa shape index (κ1) is 19.9. The lowest BCUT2D eigenvalue weighted by molar-refractivity contribution is -0.129. The molecular formula is C20H26N4O4. The number of hydrogen-bond acceptors (Lipinski definition) is 6. The Kier molecular flexibility index (Phi) is 6.62. The number of carbonyl (C=O) groups excluding carboxylic acids is 2. The number of rotatable bonds is 7. The standard InChI is InChI=1S/C20H26N4O4/c1-14(25)24-10-8-16(9-11-24)20-22-19(28-23-20)13-21-18(26)7-6-15-4-3-5-17(12-15)27-2/h3-5,12,16H,6-11,13H2,1-2H3,(H,21,26). The van der Waals surface area contributed by atoms with Crippen LogP contribution in [0.2, 0.25) is 0 Å². The maximum Gasteiger partial charge on any atom is 0.246 e. The van der Waals surface area contributed by atoms with Crippen LogP contribution in [0.4, 0.5) is 0 Å². The number of hydrogen-bond donors (Lipinski definition) is 1. The molecule has 1 N–H and O–H groups in total. The number of nitrogens with one attached hydrogen (secondary N) is 1. The van der Waals surface area contributed by atoms with E-state index in [1.807, 2.05) is 29.2 Å². The molecule has 1 aromatic carbocycles. The molecule has 150 valence electrons. The van der Waals surface area contributed by atoms with Gasteiger partial charge in [0.1, 0.15) is 5.75 Å². The molecule has 8 nitrogen and oxygen atoms in total. The van der Waals surface area contributed by atoms with Gasteiger partial charge in [-0.3, -0.25) is 9.59 Å². The number of methoxy groups -OCH3 is 1. The number of piperidine rings is 1. The van der Waals surface area contributed by atoms with Gasteiger partial charge in [-0.15, -0.1) is 0 Å². The third kappa shape index (κ3) is 5.31. The molecular weight excluding hydrogens is 360 g/mol. The smallest absolute Gasteiger partial charge is 0.246 e. The number of likely N-dealkylation sites (tertiary alicyclic amines) is 1. The fourth-order valence-corrected chi connectivity index (χ4v) is 3.31. The first-order valence-electron chi connectivity index (χ1n) is 9.52. The van der Waals surface area contributed by atoms with Crippen LogP contribution < -0.4 is 10.1 Å². The molecule has 0 atom stereocenters. The van der Waals surface area contributed by atoms with Gasteiger partial charge >= 0.3 is 0 Å². The molecule has 1 aromatic heterocycles. The van der Waals surface area contributed by atoms with E-state index >= 15 is 0 Å². The Morgan fingerprint density at radius 2 is 2.11 bits per heavy atom. The van der Waals surface area contributed by atoms with Crippen molar-refractivity contribution in [2.75, 3.05) is 20.2 Å². The number of ether oxygens (including phenoxy) is 1. The summed E-state index contributed by atoms with van der Waals surface area (Å²) in [6, 6.07) is 7.68. The molecule has 0 spiro atoms. The van der Waals surface area contributed by atoms with Gasteiger partial charge in [-0.25, -0.2) is 0 Å². The van der Waals surface area contributed by atoms with E-state index in [0.29, 0.717) is 37.6 Å². The largest absolute Gasteiger partial charge is 0.497 e. The lowest BCUT2D eigenvalue weighted by Gasteiger charge is -2.29. The molecule has 2 heterocycles. The second-order valence-electron chi connectivity index (χ2n) is 6.95. The van der Waals surface area contributed by atoms with Crippen LogP contribution in [0.3, 0.4) is 0 Å². The number of nitrogens with zero attached hydrogens (tertiary/aromatic N) is 3. The summed E-state index contributed by atoms with van der Waals surface area (Å²) in [7, 11) is 1.62. The molecule has 0 saturated carbocycles. The highest BCUT2D eigenvalue weighted by molar-refractivity contribution is 5.76. The highest BCUT2D eigenvalue weighted by Crippen LogP contribution is 2.25. The highest BCUT2D eigenvalue weighted by atomic mass is 16.5. The molecule has 2 aromatic rings. The van der Waals surface area contributed by atoms with Gasteiger partial charge < -0.3 is 19.5 Å². The summed E-state index contributed by atoms with van der Waals surface area (Å²) in [6.07, 6.45) is 2.65. The Balaban J connectivity index is 1.42. The minimum atomic E-state index is -0.0719. The van der Waals surface area contributed by atoms with Gasteiger partial charge in [0.25, 0.3) is 0 Å². The summed E-state index contributed by atoms with van der Waals surface area (Å²) >= 11 is 0. The fourth-order valence-electron chi connectivity index (χ4n) is 3.31. The molecule has 0 unspecified atom stereocenters. The number of amides is 2. The van der Waals surface area contributed by atoms with Crippen molar-refractivity contribution in [1.29, 1.82) is 0 Å². The van der Waals surface area contributed by atoms with Crippen LogP contribution in [0.25, 0.3) is 0 Å². The predicted octanol–water partition coefficient (Wildman–Crippen LogP) is 2.05. The summed E-state index contributed by atoms with van der Waals surface area (Å²) in [5, 5.41) is 6.86. The van der Waals surface area contributed by atoms with Crippen LogP contribution in [0, 0.1) is 0 Å². The van der Waals surface area contributed by atoms with E-state index in [1.165, 1.54) is 0 Å². The minimum Gasteiger partial charge on any atom is -0.497 e. The molecule has 2 amide bonds. The Labute approximate surface area is 164 Å². The monoisotopic (exact) mass is 386 g/mol. The zero-order valence-electron chi connectivity index (χ0n) is 16.3. The maximum atomic E-state index is 12.1. The third-order valence-corrected chi connectivity index (χ3v) is 5.00. The number of carbonyl (C=O) groups is 2. The SMILES string of the molecule is COc1cccc(CCC(=O)NCc2nc(C3CCN(C(C)=O)CC3)no2)c1. The molecule has 0 bridgehead atoms. The van der Waals surface area contributed by atoms with E-state index in [2.05, 4.69) is 15.5 Å². The van der Waals surface area contributed by atoms with Crippen LogP contribution >= 0.6 is 0 Å². The van der Waals surface area contributed by atoms with Crippen molar-refractivity contribution in [3.8, 4) is 5.75 Å². The molecule has 1 fully saturated rings. The van der Waals surface area contributed by atoms with Crippen LogP contribution in [-0.4, -0.2) is 47.1 Å². The van der Waals surface area contributed by atoms with Crippen molar-refractivity contribution >= 4 is 11.8 Å². The Morgan fingerprint density at radius 3 is 2.82 bits per heavy atom. The molecule has 1 aliphatic heterocycles. The Morgan fingerprint density at radius 1 is 1.32 bits per heavy atom. The Hall–Kier alpha value is -2.90. The van der Waals surface area contributed by atoms with Gasteiger partial charge in [0.2, 0.25) is 17.7 Å². The third-order valence-electron chi connectivity index (χ3n) is 5.00. The topological polar surface area (TPSA) is 97.6 Å².